The number of benzene rings is 3. The number of amides is 1. The Bertz CT molecular complexity index is 1460. The average Bonchev–Trinajstić information content (AvgIpc) is 3.20. The summed E-state index contributed by atoms with van der Waals surface area (Å²) in [6.07, 6.45) is 1.78. The van der Waals surface area contributed by atoms with Gasteiger partial charge in [0.1, 0.15) is 6.61 Å². The van der Waals surface area contributed by atoms with Crippen molar-refractivity contribution < 1.29 is 23.8 Å². The van der Waals surface area contributed by atoms with Gasteiger partial charge in [0.25, 0.3) is 5.91 Å². The molecule has 0 bridgehead atoms. The quantitative estimate of drug-likeness (QED) is 0.279. The Labute approximate surface area is 225 Å². The van der Waals surface area contributed by atoms with Gasteiger partial charge in [-0.2, -0.15) is 5.26 Å². The van der Waals surface area contributed by atoms with Crippen molar-refractivity contribution in [3.05, 3.63) is 93.9 Å². The lowest BCUT2D eigenvalue weighted by Gasteiger charge is -2.13. The lowest BCUT2D eigenvalue weighted by Crippen LogP contribution is -2.23. The number of esters is 1. The van der Waals surface area contributed by atoms with E-state index in [1.165, 1.54) is 23.8 Å². The van der Waals surface area contributed by atoms with Gasteiger partial charge < -0.3 is 14.2 Å². The molecule has 1 aliphatic rings. The van der Waals surface area contributed by atoms with Gasteiger partial charge in [-0.05, 0) is 72.8 Å². The number of nitriles is 1. The van der Waals surface area contributed by atoms with Gasteiger partial charge in [-0.25, -0.2) is 9.79 Å². The summed E-state index contributed by atoms with van der Waals surface area (Å²) < 4.78 is 16.5. The molecule has 0 atom stereocenters. The summed E-state index contributed by atoms with van der Waals surface area (Å²) in [6.45, 7) is 2.54. The van der Waals surface area contributed by atoms with Gasteiger partial charge in [0.15, 0.2) is 16.7 Å². The Morgan fingerprint density at radius 1 is 1.08 bits per heavy atom. The fourth-order valence-corrected chi connectivity index (χ4v) is 4.60. The zero-order chi connectivity index (χ0) is 27.1. The molecule has 192 valence electrons. The minimum Gasteiger partial charge on any atom is -0.490 e. The first-order valence-electron chi connectivity index (χ1n) is 11.8. The van der Waals surface area contributed by atoms with E-state index in [0.29, 0.717) is 45.0 Å². The fraction of sp³-hybridized carbons (Fsp3) is 0.172. The molecule has 4 rings (SSSR count). The number of likely N-dealkylation sites (N-methyl/N-ethyl adjacent to an activating group) is 1. The molecule has 3 aromatic rings. The van der Waals surface area contributed by atoms with Crippen LogP contribution in [0.15, 0.2) is 76.6 Å². The molecule has 1 aliphatic heterocycles. The molecule has 0 aliphatic carbocycles. The number of nitrogens with zero attached hydrogens (tertiary/aromatic N) is 3. The van der Waals surface area contributed by atoms with E-state index in [2.05, 4.69) is 11.1 Å². The number of carbonyl (C=O) groups is 2. The maximum Gasteiger partial charge on any atom is 0.337 e. The van der Waals surface area contributed by atoms with E-state index >= 15 is 0 Å². The number of methoxy groups -OCH3 is 1. The Hall–Kier alpha value is -4.55. The SMILES string of the molecule is CCOc1cc(C=C2SC(=Nc3ccc(C(=O)OC)cc3)N(C)C2=O)ccc1OCc1ccccc1C#N. The standard InChI is InChI=1S/C29H25N3O5S/c1-4-36-25-15-19(9-14-24(25)37-18-22-8-6-5-7-21(22)17-30)16-26-27(33)32(2)29(38-26)31-23-12-10-20(11-13-23)28(34)35-3/h5-16H,4,18H2,1-3H3. The maximum absolute atomic E-state index is 12.9. The summed E-state index contributed by atoms with van der Waals surface area (Å²) in [5.74, 6) is 0.486. The summed E-state index contributed by atoms with van der Waals surface area (Å²) in [5, 5.41) is 9.83. The lowest BCUT2D eigenvalue weighted by molar-refractivity contribution is -0.121. The van der Waals surface area contributed by atoms with Gasteiger partial charge in [-0.1, -0.05) is 24.3 Å². The third kappa shape index (κ3) is 6.05. The highest BCUT2D eigenvalue weighted by molar-refractivity contribution is 8.18. The van der Waals surface area contributed by atoms with Gasteiger partial charge >= 0.3 is 5.97 Å². The second-order valence-electron chi connectivity index (χ2n) is 8.10. The van der Waals surface area contributed by atoms with Crippen molar-refractivity contribution in [3.8, 4) is 17.6 Å². The van der Waals surface area contributed by atoms with Crippen molar-refractivity contribution in [3.63, 3.8) is 0 Å². The fourth-order valence-electron chi connectivity index (χ4n) is 3.62. The first-order chi connectivity index (χ1) is 18.4. The molecule has 0 N–H and O–H groups in total. The van der Waals surface area contributed by atoms with Crippen LogP contribution in [-0.4, -0.2) is 42.7 Å². The molecule has 0 spiro atoms. The van der Waals surface area contributed by atoms with Crippen molar-refractivity contribution in [2.45, 2.75) is 13.5 Å². The molecule has 0 radical (unpaired) electrons. The minimum atomic E-state index is -0.424. The summed E-state index contributed by atoms with van der Waals surface area (Å²) in [7, 11) is 2.99. The monoisotopic (exact) mass is 527 g/mol. The minimum absolute atomic E-state index is 0.175. The molecule has 0 saturated carbocycles. The van der Waals surface area contributed by atoms with Gasteiger partial charge in [0.2, 0.25) is 0 Å². The molecule has 1 saturated heterocycles. The molecule has 1 fully saturated rings. The Balaban J connectivity index is 1.53. The van der Waals surface area contributed by atoms with Crippen LogP contribution in [0.25, 0.3) is 6.08 Å². The topological polar surface area (TPSA) is 101 Å². The van der Waals surface area contributed by atoms with Crippen molar-refractivity contribution in [2.24, 2.45) is 4.99 Å². The third-order valence-corrected chi connectivity index (χ3v) is 6.66. The largest absolute Gasteiger partial charge is 0.490 e. The molecule has 0 aromatic heterocycles. The van der Waals surface area contributed by atoms with E-state index in [-0.39, 0.29) is 12.5 Å². The van der Waals surface area contributed by atoms with Crippen LogP contribution < -0.4 is 9.47 Å². The van der Waals surface area contributed by atoms with Crippen molar-refractivity contribution >= 4 is 40.6 Å². The molecular weight excluding hydrogens is 502 g/mol. The van der Waals surface area contributed by atoms with Crippen LogP contribution in [0.4, 0.5) is 5.69 Å². The number of carbonyl (C=O) groups excluding carboxylic acids is 2. The Kier molecular flexibility index (Phi) is 8.46. The van der Waals surface area contributed by atoms with E-state index in [9.17, 15) is 14.9 Å². The van der Waals surface area contributed by atoms with Crippen LogP contribution >= 0.6 is 11.8 Å². The van der Waals surface area contributed by atoms with E-state index in [0.717, 1.165) is 11.1 Å². The number of aliphatic imine (C=N–C) groups is 1. The highest BCUT2D eigenvalue weighted by Crippen LogP contribution is 2.35. The predicted molar refractivity (Wildman–Crippen MR) is 146 cm³/mol. The number of hydrogen-bond acceptors (Lipinski definition) is 8. The number of rotatable bonds is 8. The normalized spacial score (nSPS) is 15.0. The van der Waals surface area contributed by atoms with Crippen LogP contribution in [0.5, 0.6) is 11.5 Å². The van der Waals surface area contributed by atoms with Crippen LogP contribution in [0, 0.1) is 11.3 Å². The lowest BCUT2D eigenvalue weighted by atomic mass is 10.1. The van der Waals surface area contributed by atoms with Gasteiger partial charge in [0.05, 0.1) is 41.5 Å². The number of hydrogen-bond donors (Lipinski definition) is 0. The number of thioether (sulfide) groups is 1. The van der Waals surface area contributed by atoms with Gasteiger partial charge in [-0.15, -0.1) is 0 Å². The summed E-state index contributed by atoms with van der Waals surface area (Å²) in [4.78, 5) is 31.1. The molecule has 1 heterocycles. The van der Waals surface area contributed by atoms with Gasteiger partial charge in [0, 0.05) is 12.6 Å². The molecule has 1 amide bonds. The van der Waals surface area contributed by atoms with E-state index in [1.807, 2.05) is 37.3 Å². The Morgan fingerprint density at radius 3 is 2.55 bits per heavy atom. The predicted octanol–water partition coefficient (Wildman–Crippen LogP) is 5.56. The van der Waals surface area contributed by atoms with E-state index in [4.69, 9.17) is 14.2 Å². The second-order valence-corrected chi connectivity index (χ2v) is 9.11. The second kappa shape index (κ2) is 12.1. The first kappa shape index (κ1) is 26.5. The van der Waals surface area contributed by atoms with Crippen molar-refractivity contribution in [1.29, 1.82) is 5.26 Å². The van der Waals surface area contributed by atoms with Gasteiger partial charge in [-0.3, -0.25) is 9.69 Å². The summed E-state index contributed by atoms with van der Waals surface area (Å²) >= 11 is 1.26. The first-order valence-corrected chi connectivity index (χ1v) is 12.6. The number of ether oxygens (including phenoxy) is 3. The van der Waals surface area contributed by atoms with Crippen LogP contribution in [0.3, 0.4) is 0 Å². The molecule has 8 nitrogen and oxygen atoms in total. The molecule has 3 aromatic carbocycles. The van der Waals surface area contributed by atoms with Crippen molar-refractivity contribution in [2.75, 3.05) is 20.8 Å². The molecule has 9 heteroatoms. The zero-order valence-electron chi connectivity index (χ0n) is 21.1. The summed E-state index contributed by atoms with van der Waals surface area (Å²) in [5.41, 5.74) is 3.15. The molecule has 38 heavy (non-hydrogen) atoms. The van der Waals surface area contributed by atoms with E-state index < -0.39 is 5.97 Å². The van der Waals surface area contributed by atoms with Crippen molar-refractivity contribution in [1.82, 2.24) is 4.90 Å². The third-order valence-electron chi connectivity index (χ3n) is 5.60. The van der Waals surface area contributed by atoms with Crippen LogP contribution in [0.2, 0.25) is 0 Å². The van der Waals surface area contributed by atoms with Crippen LogP contribution in [0.1, 0.15) is 34.0 Å². The maximum atomic E-state index is 12.9. The smallest absolute Gasteiger partial charge is 0.337 e. The number of amidine groups is 1. The van der Waals surface area contributed by atoms with Crippen LogP contribution in [-0.2, 0) is 16.1 Å². The average molecular weight is 528 g/mol. The zero-order valence-corrected chi connectivity index (χ0v) is 22.0. The van der Waals surface area contributed by atoms with E-state index in [1.54, 1.807) is 49.5 Å². The highest BCUT2D eigenvalue weighted by atomic mass is 32.2. The summed E-state index contributed by atoms with van der Waals surface area (Å²) in [6, 6.07) is 21.5. The molecular formula is C29H25N3O5S. The highest BCUT2D eigenvalue weighted by Gasteiger charge is 2.30. The Morgan fingerprint density at radius 2 is 1.84 bits per heavy atom. The molecule has 0 unspecified atom stereocenters.